The predicted octanol–water partition coefficient (Wildman–Crippen LogP) is 3.04. The Morgan fingerprint density at radius 2 is 2.00 bits per heavy atom. The van der Waals surface area contributed by atoms with E-state index < -0.39 is 0 Å². The molecule has 2 fully saturated rings. The Balaban J connectivity index is 1.59. The highest BCUT2D eigenvalue weighted by Crippen LogP contribution is 2.27. The van der Waals surface area contributed by atoms with Crippen LogP contribution in [0.1, 0.15) is 37.7 Å². The van der Waals surface area contributed by atoms with Crippen molar-refractivity contribution in [2.75, 3.05) is 32.9 Å². The Labute approximate surface area is 185 Å². The van der Waals surface area contributed by atoms with Gasteiger partial charge in [-0.05, 0) is 52.5 Å². The highest BCUT2D eigenvalue weighted by atomic mass is 79.9. The lowest BCUT2D eigenvalue weighted by atomic mass is 9.95. The van der Waals surface area contributed by atoms with Crippen LogP contribution in [0.2, 0.25) is 0 Å². The number of carbonyl (C=O) groups excluding carboxylic acids is 2. The van der Waals surface area contributed by atoms with Crippen LogP contribution in [-0.2, 0) is 14.3 Å². The van der Waals surface area contributed by atoms with Gasteiger partial charge in [0, 0.05) is 19.1 Å². The second kappa shape index (κ2) is 11.1. The second-order valence-corrected chi connectivity index (χ2v) is 8.30. The Bertz CT molecular complexity index is 837. The van der Waals surface area contributed by atoms with E-state index >= 15 is 0 Å². The number of morpholine rings is 1. The van der Waals surface area contributed by atoms with E-state index in [1.165, 1.54) is 6.42 Å². The minimum atomic E-state index is -0.336. The first-order valence-corrected chi connectivity index (χ1v) is 11.1. The summed E-state index contributed by atoms with van der Waals surface area (Å²) < 4.78 is 11.5. The van der Waals surface area contributed by atoms with Gasteiger partial charge in [0.25, 0.3) is 11.8 Å². The van der Waals surface area contributed by atoms with Gasteiger partial charge in [-0.1, -0.05) is 25.3 Å². The van der Waals surface area contributed by atoms with Crippen molar-refractivity contribution < 1.29 is 19.1 Å². The molecule has 0 radical (unpaired) electrons. The molecule has 2 amide bonds. The van der Waals surface area contributed by atoms with Gasteiger partial charge in [-0.15, -0.1) is 0 Å². The Kier molecular flexibility index (Phi) is 8.29. The van der Waals surface area contributed by atoms with Gasteiger partial charge in [-0.2, -0.15) is 5.26 Å². The third kappa shape index (κ3) is 6.31. The van der Waals surface area contributed by atoms with E-state index in [1.54, 1.807) is 29.2 Å². The van der Waals surface area contributed by atoms with Crippen LogP contribution < -0.4 is 10.1 Å². The number of hydrogen-bond acceptors (Lipinski definition) is 5. The van der Waals surface area contributed by atoms with E-state index in [0.29, 0.717) is 42.1 Å². The highest BCUT2D eigenvalue weighted by molar-refractivity contribution is 9.10. The standard InChI is InChI=1S/C22H26BrN3O4/c23-19-13-16(12-17(14-24)22(28)25-18-4-2-1-3-5-18)6-7-20(19)30-15-21(27)26-8-10-29-11-9-26/h6-7,12-13,18H,1-5,8-11,15H2,(H,25,28)/b17-12-. The van der Waals surface area contributed by atoms with Crippen molar-refractivity contribution in [1.82, 2.24) is 10.2 Å². The number of carbonyl (C=O) groups is 2. The van der Waals surface area contributed by atoms with E-state index in [-0.39, 0.29) is 30.0 Å². The molecular formula is C22H26BrN3O4. The molecule has 0 unspecified atom stereocenters. The van der Waals surface area contributed by atoms with Gasteiger partial charge in [0.1, 0.15) is 17.4 Å². The molecule has 1 saturated heterocycles. The monoisotopic (exact) mass is 475 g/mol. The number of nitrogens with zero attached hydrogens (tertiary/aromatic N) is 2. The molecule has 0 bridgehead atoms. The third-order valence-corrected chi connectivity index (χ3v) is 5.91. The predicted molar refractivity (Wildman–Crippen MR) is 116 cm³/mol. The maximum Gasteiger partial charge on any atom is 0.262 e. The number of nitriles is 1. The average molecular weight is 476 g/mol. The first-order valence-electron chi connectivity index (χ1n) is 10.3. The maximum atomic E-state index is 12.4. The lowest BCUT2D eigenvalue weighted by molar-refractivity contribution is -0.137. The molecule has 30 heavy (non-hydrogen) atoms. The number of rotatable bonds is 6. The lowest BCUT2D eigenvalue weighted by Gasteiger charge is -2.26. The van der Waals surface area contributed by atoms with Crippen LogP contribution in [0, 0.1) is 11.3 Å². The number of halogens is 1. The zero-order chi connectivity index (χ0) is 21.3. The zero-order valence-corrected chi connectivity index (χ0v) is 18.4. The van der Waals surface area contributed by atoms with Crippen molar-refractivity contribution in [1.29, 1.82) is 5.26 Å². The lowest BCUT2D eigenvalue weighted by Crippen LogP contribution is -2.43. The molecule has 7 nitrogen and oxygen atoms in total. The molecule has 3 rings (SSSR count). The fraction of sp³-hybridized carbons (Fsp3) is 0.500. The number of amides is 2. The number of ether oxygens (including phenoxy) is 2. The molecule has 1 N–H and O–H groups in total. The molecule has 2 aliphatic rings. The third-order valence-electron chi connectivity index (χ3n) is 5.29. The SMILES string of the molecule is N#C/C(=C/c1ccc(OCC(=O)N2CCOCC2)c(Br)c1)C(=O)NC1CCCCC1. The summed E-state index contributed by atoms with van der Waals surface area (Å²) in [5, 5.41) is 12.4. The Morgan fingerprint density at radius 3 is 2.67 bits per heavy atom. The van der Waals surface area contributed by atoms with Crippen LogP contribution >= 0.6 is 15.9 Å². The first kappa shape index (κ1) is 22.3. The Morgan fingerprint density at radius 1 is 1.27 bits per heavy atom. The number of hydrogen-bond donors (Lipinski definition) is 1. The number of benzene rings is 1. The van der Waals surface area contributed by atoms with Gasteiger partial charge in [0.05, 0.1) is 17.7 Å². The summed E-state index contributed by atoms with van der Waals surface area (Å²) in [6.45, 7) is 2.19. The molecule has 1 aliphatic carbocycles. The molecule has 1 aromatic carbocycles. The van der Waals surface area contributed by atoms with Crippen LogP contribution in [0.15, 0.2) is 28.2 Å². The summed E-state index contributed by atoms with van der Waals surface area (Å²) in [6, 6.07) is 7.38. The molecular weight excluding hydrogens is 450 g/mol. The van der Waals surface area contributed by atoms with Crippen molar-refractivity contribution in [2.24, 2.45) is 0 Å². The smallest absolute Gasteiger partial charge is 0.262 e. The first-order chi connectivity index (χ1) is 14.6. The van der Waals surface area contributed by atoms with Crippen molar-refractivity contribution in [3.8, 4) is 11.8 Å². The topological polar surface area (TPSA) is 91.7 Å². The summed E-state index contributed by atoms with van der Waals surface area (Å²) in [5.74, 6) is 0.108. The minimum absolute atomic E-state index is 0.0545. The molecule has 1 aliphatic heterocycles. The summed E-state index contributed by atoms with van der Waals surface area (Å²) >= 11 is 3.44. The Hall–Kier alpha value is -2.37. The van der Waals surface area contributed by atoms with Gasteiger partial charge in [0.2, 0.25) is 0 Å². The van der Waals surface area contributed by atoms with E-state index in [9.17, 15) is 14.9 Å². The van der Waals surface area contributed by atoms with E-state index in [4.69, 9.17) is 9.47 Å². The van der Waals surface area contributed by atoms with E-state index in [0.717, 1.165) is 25.7 Å². The van der Waals surface area contributed by atoms with Crippen molar-refractivity contribution in [3.63, 3.8) is 0 Å². The van der Waals surface area contributed by atoms with Crippen LogP contribution in [0.25, 0.3) is 6.08 Å². The van der Waals surface area contributed by atoms with Crippen LogP contribution in [-0.4, -0.2) is 55.7 Å². The zero-order valence-electron chi connectivity index (χ0n) is 16.9. The minimum Gasteiger partial charge on any atom is -0.483 e. The largest absolute Gasteiger partial charge is 0.483 e. The molecule has 160 valence electrons. The summed E-state index contributed by atoms with van der Waals surface area (Å²) in [4.78, 5) is 26.4. The fourth-order valence-electron chi connectivity index (χ4n) is 3.59. The molecule has 1 aromatic rings. The fourth-order valence-corrected chi connectivity index (χ4v) is 4.10. The van der Waals surface area contributed by atoms with Gasteiger partial charge >= 0.3 is 0 Å². The molecule has 8 heteroatoms. The van der Waals surface area contributed by atoms with Crippen molar-refractivity contribution in [3.05, 3.63) is 33.8 Å². The van der Waals surface area contributed by atoms with Gasteiger partial charge in [0.15, 0.2) is 6.61 Å². The van der Waals surface area contributed by atoms with E-state index in [2.05, 4.69) is 21.2 Å². The second-order valence-electron chi connectivity index (χ2n) is 7.45. The van der Waals surface area contributed by atoms with Crippen molar-refractivity contribution >= 4 is 33.8 Å². The molecule has 0 aromatic heterocycles. The van der Waals surface area contributed by atoms with Crippen LogP contribution in [0.4, 0.5) is 0 Å². The maximum absolute atomic E-state index is 12.4. The van der Waals surface area contributed by atoms with Crippen molar-refractivity contribution in [2.45, 2.75) is 38.1 Å². The molecule has 0 spiro atoms. The molecule has 1 saturated carbocycles. The van der Waals surface area contributed by atoms with Crippen LogP contribution in [0.3, 0.4) is 0 Å². The normalized spacial score (nSPS) is 17.9. The van der Waals surface area contributed by atoms with Crippen LogP contribution in [0.5, 0.6) is 5.75 Å². The average Bonchev–Trinajstić information content (AvgIpc) is 2.77. The summed E-state index contributed by atoms with van der Waals surface area (Å²) in [5.41, 5.74) is 0.771. The van der Waals surface area contributed by atoms with E-state index in [1.807, 2.05) is 6.07 Å². The molecule has 0 atom stereocenters. The highest BCUT2D eigenvalue weighted by Gasteiger charge is 2.19. The quantitative estimate of drug-likeness (QED) is 0.504. The summed E-state index contributed by atoms with van der Waals surface area (Å²) in [7, 11) is 0. The van der Waals surface area contributed by atoms with Gasteiger partial charge in [-0.3, -0.25) is 9.59 Å². The molecule has 1 heterocycles. The van der Waals surface area contributed by atoms with Gasteiger partial charge < -0.3 is 19.7 Å². The van der Waals surface area contributed by atoms with Gasteiger partial charge in [-0.25, -0.2) is 0 Å². The summed E-state index contributed by atoms with van der Waals surface area (Å²) in [6.07, 6.45) is 6.91. The number of nitrogens with one attached hydrogen (secondary N) is 1.